The Morgan fingerprint density at radius 1 is 1.29 bits per heavy atom. The zero-order chi connectivity index (χ0) is 13.1. The third kappa shape index (κ3) is 5.04. The Morgan fingerprint density at radius 3 is 2.24 bits per heavy atom. The zero-order valence-electron chi connectivity index (χ0n) is 11.9. The summed E-state index contributed by atoms with van der Waals surface area (Å²) in [6.45, 7) is 9.39. The van der Waals surface area contributed by atoms with Crippen LogP contribution in [0.5, 0.6) is 0 Å². The summed E-state index contributed by atoms with van der Waals surface area (Å²) in [5, 5.41) is 3.11. The van der Waals surface area contributed by atoms with E-state index in [2.05, 4.69) is 31.0 Å². The summed E-state index contributed by atoms with van der Waals surface area (Å²) in [5.74, 6) is 0.143. The molecular formula is C13H27N3O. The summed E-state index contributed by atoms with van der Waals surface area (Å²) in [6.07, 6.45) is 2.13. The van der Waals surface area contributed by atoms with Gasteiger partial charge in [-0.3, -0.25) is 9.69 Å². The van der Waals surface area contributed by atoms with Crippen molar-refractivity contribution in [1.29, 1.82) is 0 Å². The lowest BCUT2D eigenvalue weighted by Gasteiger charge is -2.41. The van der Waals surface area contributed by atoms with Gasteiger partial charge in [0.05, 0.1) is 6.54 Å². The smallest absolute Gasteiger partial charge is 0.234 e. The maximum Gasteiger partial charge on any atom is 0.234 e. The van der Waals surface area contributed by atoms with Crippen LogP contribution in [0.1, 0.15) is 33.6 Å². The van der Waals surface area contributed by atoms with Crippen LogP contribution in [-0.2, 0) is 4.79 Å². The SMILES string of the molecule is CN(C)CC(=O)NC1CCN(C(C)(C)C)CC1. The number of carbonyl (C=O) groups is 1. The molecule has 0 bridgehead atoms. The van der Waals surface area contributed by atoms with Crippen molar-refractivity contribution in [3.05, 3.63) is 0 Å². The lowest BCUT2D eigenvalue weighted by molar-refractivity contribution is -0.122. The highest BCUT2D eigenvalue weighted by Gasteiger charge is 2.27. The quantitative estimate of drug-likeness (QED) is 0.798. The minimum absolute atomic E-state index is 0.143. The first-order chi connectivity index (χ1) is 7.79. The van der Waals surface area contributed by atoms with Crippen molar-refractivity contribution >= 4 is 5.91 Å². The molecule has 4 nitrogen and oxygen atoms in total. The normalized spacial score (nSPS) is 19.6. The highest BCUT2D eigenvalue weighted by molar-refractivity contribution is 5.78. The first kappa shape index (κ1) is 14.5. The third-order valence-corrected chi connectivity index (χ3v) is 3.27. The Balaban J connectivity index is 2.30. The number of carbonyl (C=O) groups excluding carboxylic acids is 1. The molecule has 17 heavy (non-hydrogen) atoms. The molecule has 0 radical (unpaired) electrons. The number of amides is 1. The molecule has 1 heterocycles. The van der Waals surface area contributed by atoms with E-state index < -0.39 is 0 Å². The average molecular weight is 241 g/mol. The van der Waals surface area contributed by atoms with Gasteiger partial charge in [0.15, 0.2) is 0 Å². The van der Waals surface area contributed by atoms with Crippen LogP contribution in [0.25, 0.3) is 0 Å². The van der Waals surface area contributed by atoms with Gasteiger partial charge in [-0.15, -0.1) is 0 Å². The number of nitrogens with zero attached hydrogens (tertiary/aromatic N) is 2. The summed E-state index contributed by atoms with van der Waals surface area (Å²) in [6, 6.07) is 0.362. The van der Waals surface area contributed by atoms with E-state index in [0.29, 0.717) is 12.6 Å². The summed E-state index contributed by atoms with van der Waals surface area (Å²) >= 11 is 0. The largest absolute Gasteiger partial charge is 0.352 e. The second kappa shape index (κ2) is 5.83. The first-order valence-electron chi connectivity index (χ1n) is 6.48. The number of hydrogen-bond donors (Lipinski definition) is 1. The van der Waals surface area contributed by atoms with Crippen LogP contribution in [0.15, 0.2) is 0 Å². The van der Waals surface area contributed by atoms with Gasteiger partial charge < -0.3 is 10.2 Å². The molecule has 1 rings (SSSR count). The summed E-state index contributed by atoms with van der Waals surface area (Å²) in [4.78, 5) is 16.0. The Labute approximate surface area is 105 Å². The van der Waals surface area contributed by atoms with Gasteiger partial charge in [-0.05, 0) is 47.7 Å². The molecule has 0 saturated carbocycles. The lowest BCUT2D eigenvalue weighted by atomic mass is 9.98. The molecule has 1 N–H and O–H groups in total. The summed E-state index contributed by atoms with van der Waals surface area (Å²) < 4.78 is 0. The predicted molar refractivity (Wildman–Crippen MR) is 71.0 cm³/mol. The van der Waals surface area contributed by atoms with Gasteiger partial charge in [-0.25, -0.2) is 0 Å². The Kier molecular flexibility index (Phi) is 4.95. The summed E-state index contributed by atoms with van der Waals surface area (Å²) in [7, 11) is 3.84. The molecular weight excluding hydrogens is 214 g/mol. The van der Waals surface area contributed by atoms with E-state index in [1.165, 1.54) is 0 Å². The molecule has 0 aromatic carbocycles. The predicted octanol–water partition coefficient (Wildman–Crippen LogP) is 0.927. The van der Waals surface area contributed by atoms with Crippen LogP contribution in [0.2, 0.25) is 0 Å². The zero-order valence-corrected chi connectivity index (χ0v) is 11.9. The number of rotatable bonds is 3. The molecule has 0 aromatic rings. The number of likely N-dealkylation sites (tertiary alicyclic amines) is 1. The van der Waals surface area contributed by atoms with E-state index >= 15 is 0 Å². The lowest BCUT2D eigenvalue weighted by Crippen LogP contribution is -2.51. The van der Waals surface area contributed by atoms with Gasteiger partial charge in [-0.1, -0.05) is 0 Å². The topological polar surface area (TPSA) is 35.6 Å². The van der Waals surface area contributed by atoms with Crippen LogP contribution in [0.3, 0.4) is 0 Å². The molecule has 1 saturated heterocycles. The van der Waals surface area contributed by atoms with Crippen LogP contribution in [0, 0.1) is 0 Å². The molecule has 1 aliphatic rings. The van der Waals surface area contributed by atoms with Crippen LogP contribution >= 0.6 is 0 Å². The van der Waals surface area contributed by atoms with Crippen molar-refractivity contribution in [1.82, 2.24) is 15.1 Å². The molecule has 0 atom stereocenters. The van der Waals surface area contributed by atoms with Crippen molar-refractivity contribution in [3.8, 4) is 0 Å². The second-order valence-electron chi connectivity index (χ2n) is 6.24. The van der Waals surface area contributed by atoms with Crippen LogP contribution < -0.4 is 5.32 Å². The van der Waals surface area contributed by atoms with Gasteiger partial charge in [0, 0.05) is 24.7 Å². The molecule has 1 fully saturated rings. The van der Waals surface area contributed by atoms with Crippen molar-refractivity contribution in [2.75, 3.05) is 33.7 Å². The monoisotopic (exact) mass is 241 g/mol. The van der Waals surface area contributed by atoms with Crippen molar-refractivity contribution in [2.45, 2.75) is 45.2 Å². The van der Waals surface area contributed by atoms with Gasteiger partial charge in [-0.2, -0.15) is 0 Å². The van der Waals surface area contributed by atoms with Crippen molar-refractivity contribution < 1.29 is 4.79 Å². The number of nitrogens with one attached hydrogen (secondary N) is 1. The van der Waals surface area contributed by atoms with E-state index in [-0.39, 0.29) is 11.4 Å². The molecule has 0 aliphatic carbocycles. The maximum absolute atomic E-state index is 11.6. The molecule has 100 valence electrons. The van der Waals surface area contributed by atoms with E-state index in [0.717, 1.165) is 25.9 Å². The van der Waals surface area contributed by atoms with Crippen LogP contribution in [-0.4, -0.2) is 61.0 Å². The highest BCUT2D eigenvalue weighted by Crippen LogP contribution is 2.19. The fourth-order valence-electron chi connectivity index (χ4n) is 2.26. The fraction of sp³-hybridized carbons (Fsp3) is 0.923. The highest BCUT2D eigenvalue weighted by atomic mass is 16.2. The maximum atomic E-state index is 11.6. The number of piperidine rings is 1. The first-order valence-corrected chi connectivity index (χ1v) is 6.48. The molecule has 0 aromatic heterocycles. The van der Waals surface area contributed by atoms with Gasteiger partial charge in [0.1, 0.15) is 0 Å². The van der Waals surface area contributed by atoms with Crippen molar-refractivity contribution in [3.63, 3.8) is 0 Å². The van der Waals surface area contributed by atoms with Gasteiger partial charge in [0.2, 0.25) is 5.91 Å². The van der Waals surface area contributed by atoms with Gasteiger partial charge in [0.25, 0.3) is 0 Å². The molecule has 0 spiro atoms. The van der Waals surface area contributed by atoms with E-state index in [4.69, 9.17) is 0 Å². The summed E-state index contributed by atoms with van der Waals surface area (Å²) in [5.41, 5.74) is 0.249. The molecule has 1 aliphatic heterocycles. The third-order valence-electron chi connectivity index (χ3n) is 3.27. The Morgan fingerprint density at radius 2 is 1.82 bits per heavy atom. The fourth-order valence-corrected chi connectivity index (χ4v) is 2.26. The second-order valence-corrected chi connectivity index (χ2v) is 6.24. The van der Waals surface area contributed by atoms with E-state index in [9.17, 15) is 4.79 Å². The van der Waals surface area contributed by atoms with Crippen LogP contribution in [0.4, 0.5) is 0 Å². The molecule has 4 heteroatoms. The molecule has 0 unspecified atom stereocenters. The van der Waals surface area contributed by atoms with E-state index in [1.807, 2.05) is 19.0 Å². The van der Waals surface area contributed by atoms with Crippen molar-refractivity contribution in [2.24, 2.45) is 0 Å². The Hall–Kier alpha value is -0.610. The standard InChI is InChI=1S/C13H27N3O/c1-13(2,3)16-8-6-11(7-9-16)14-12(17)10-15(4)5/h11H,6-10H2,1-5H3,(H,14,17). The Bertz CT molecular complexity index is 250. The minimum atomic E-state index is 0.143. The molecule has 1 amide bonds. The number of hydrogen-bond acceptors (Lipinski definition) is 3. The average Bonchev–Trinajstić information content (AvgIpc) is 2.15. The minimum Gasteiger partial charge on any atom is -0.352 e. The van der Waals surface area contributed by atoms with Gasteiger partial charge >= 0.3 is 0 Å². The number of likely N-dealkylation sites (N-methyl/N-ethyl adjacent to an activating group) is 1. The van der Waals surface area contributed by atoms with E-state index in [1.54, 1.807) is 0 Å².